The first-order valence-electron chi connectivity index (χ1n) is 5.53. The van der Waals surface area contributed by atoms with Crippen molar-refractivity contribution in [1.29, 1.82) is 0 Å². The van der Waals surface area contributed by atoms with Gasteiger partial charge in [0.25, 0.3) is 0 Å². The lowest BCUT2D eigenvalue weighted by Gasteiger charge is -2.13. The van der Waals surface area contributed by atoms with Gasteiger partial charge in [-0.25, -0.2) is 0 Å². The zero-order chi connectivity index (χ0) is 14.1. The molecule has 0 bridgehead atoms. The summed E-state index contributed by atoms with van der Waals surface area (Å²) in [5.41, 5.74) is 0. The minimum absolute atomic E-state index is 0.133. The summed E-state index contributed by atoms with van der Waals surface area (Å²) < 4.78 is 9.72. The minimum Gasteiger partial charge on any atom is -0.466 e. The Kier molecular flexibility index (Phi) is 7.42. The highest BCUT2D eigenvalue weighted by Gasteiger charge is 2.10. The standard InChI is InChI=1S/C12H19NO5/c1-9(14)17-8-7-11(18-10(2)15)5-6-12(16)13(3)4/h5-6,11H,7-8H2,1-4H3/b6-5+. The quantitative estimate of drug-likeness (QED) is 0.512. The van der Waals surface area contributed by atoms with E-state index in [1.807, 2.05) is 0 Å². The van der Waals surface area contributed by atoms with E-state index in [1.165, 1.54) is 30.9 Å². The molecule has 6 nitrogen and oxygen atoms in total. The van der Waals surface area contributed by atoms with Crippen LogP contribution >= 0.6 is 0 Å². The summed E-state index contributed by atoms with van der Waals surface area (Å²) in [6.45, 7) is 2.71. The topological polar surface area (TPSA) is 72.9 Å². The van der Waals surface area contributed by atoms with Crippen LogP contribution in [0.2, 0.25) is 0 Å². The summed E-state index contributed by atoms with van der Waals surface area (Å²) in [6, 6.07) is 0. The second kappa shape index (κ2) is 8.27. The minimum atomic E-state index is -0.578. The highest BCUT2D eigenvalue weighted by atomic mass is 16.6. The van der Waals surface area contributed by atoms with Gasteiger partial charge in [0.2, 0.25) is 5.91 Å². The van der Waals surface area contributed by atoms with Crippen LogP contribution in [-0.2, 0) is 23.9 Å². The lowest BCUT2D eigenvalue weighted by molar-refractivity contribution is -0.146. The van der Waals surface area contributed by atoms with Gasteiger partial charge in [-0.15, -0.1) is 0 Å². The lowest BCUT2D eigenvalue weighted by Crippen LogP contribution is -2.21. The molecule has 0 aromatic carbocycles. The maximum atomic E-state index is 11.3. The molecule has 0 aliphatic heterocycles. The molecule has 0 N–H and O–H groups in total. The van der Waals surface area contributed by atoms with E-state index in [1.54, 1.807) is 14.1 Å². The van der Waals surface area contributed by atoms with Gasteiger partial charge in [0.05, 0.1) is 6.61 Å². The molecule has 0 spiro atoms. The molecule has 0 saturated carbocycles. The van der Waals surface area contributed by atoms with E-state index in [0.29, 0.717) is 6.42 Å². The molecule has 0 radical (unpaired) electrons. The number of likely N-dealkylation sites (N-methyl/N-ethyl adjacent to an activating group) is 1. The molecule has 0 aliphatic carbocycles. The molecule has 0 heterocycles. The van der Waals surface area contributed by atoms with Gasteiger partial charge in [-0.2, -0.15) is 0 Å². The Morgan fingerprint density at radius 2 is 1.78 bits per heavy atom. The van der Waals surface area contributed by atoms with Crippen LogP contribution in [-0.4, -0.2) is 49.6 Å². The molecule has 1 atom stereocenters. The third kappa shape index (κ3) is 8.32. The van der Waals surface area contributed by atoms with E-state index in [-0.39, 0.29) is 12.5 Å². The van der Waals surface area contributed by atoms with Crippen LogP contribution in [0.15, 0.2) is 12.2 Å². The molecular weight excluding hydrogens is 238 g/mol. The highest BCUT2D eigenvalue weighted by Crippen LogP contribution is 2.03. The van der Waals surface area contributed by atoms with E-state index in [2.05, 4.69) is 0 Å². The summed E-state index contributed by atoms with van der Waals surface area (Å²) in [7, 11) is 3.23. The fraction of sp³-hybridized carbons (Fsp3) is 0.583. The third-order valence-electron chi connectivity index (χ3n) is 1.92. The molecule has 102 valence electrons. The van der Waals surface area contributed by atoms with Crippen molar-refractivity contribution in [2.24, 2.45) is 0 Å². The van der Waals surface area contributed by atoms with Crippen molar-refractivity contribution in [3.63, 3.8) is 0 Å². The van der Waals surface area contributed by atoms with Gasteiger partial charge in [0, 0.05) is 40.4 Å². The van der Waals surface area contributed by atoms with Crippen LogP contribution in [0.25, 0.3) is 0 Å². The Morgan fingerprint density at radius 3 is 2.22 bits per heavy atom. The molecular formula is C12H19NO5. The van der Waals surface area contributed by atoms with Crippen LogP contribution in [0.4, 0.5) is 0 Å². The number of hydrogen-bond acceptors (Lipinski definition) is 5. The molecule has 1 unspecified atom stereocenters. The molecule has 0 aromatic rings. The van der Waals surface area contributed by atoms with Crippen LogP contribution in [0.5, 0.6) is 0 Å². The van der Waals surface area contributed by atoms with Crippen molar-refractivity contribution >= 4 is 17.8 Å². The number of carbonyl (C=O) groups excluding carboxylic acids is 3. The van der Waals surface area contributed by atoms with Gasteiger partial charge < -0.3 is 14.4 Å². The Balaban J connectivity index is 4.34. The van der Waals surface area contributed by atoms with Crippen molar-refractivity contribution in [2.45, 2.75) is 26.4 Å². The normalized spacial score (nSPS) is 12.0. The maximum absolute atomic E-state index is 11.3. The van der Waals surface area contributed by atoms with Crippen molar-refractivity contribution in [1.82, 2.24) is 4.90 Å². The predicted octanol–water partition coefficient (Wildman–Crippen LogP) is 0.516. The van der Waals surface area contributed by atoms with E-state index >= 15 is 0 Å². The van der Waals surface area contributed by atoms with Gasteiger partial charge in [-0.3, -0.25) is 14.4 Å². The average molecular weight is 257 g/mol. The third-order valence-corrected chi connectivity index (χ3v) is 1.92. The monoisotopic (exact) mass is 257 g/mol. The molecule has 0 rings (SSSR count). The Hall–Kier alpha value is -1.85. The number of nitrogens with zero attached hydrogens (tertiary/aromatic N) is 1. The lowest BCUT2D eigenvalue weighted by atomic mass is 10.2. The first kappa shape index (κ1) is 16.1. The zero-order valence-corrected chi connectivity index (χ0v) is 11.1. The second-order valence-electron chi connectivity index (χ2n) is 3.87. The van der Waals surface area contributed by atoms with Crippen LogP contribution in [0, 0.1) is 0 Å². The highest BCUT2D eigenvalue weighted by molar-refractivity contribution is 5.87. The summed E-state index contributed by atoms with van der Waals surface area (Å²) >= 11 is 0. The van der Waals surface area contributed by atoms with E-state index in [9.17, 15) is 14.4 Å². The first-order chi connectivity index (χ1) is 8.32. The molecule has 0 fully saturated rings. The Labute approximate surface area is 107 Å². The molecule has 18 heavy (non-hydrogen) atoms. The largest absolute Gasteiger partial charge is 0.466 e. The van der Waals surface area contributed by atoms with Crippen LogP contribution in [0.3, 0.4) is 0 Å². The number of rotatable bonds is 6. The van der Waals surface area contributed by atoms with Crippen molar-refractivity contribution in [2.75, 3.05) is 20.7 Å². The smallest absolute Gasteiger partial charge is 0.303 e. The van der Waals surface area contributed by atoms with Crippen molar-refractivity contribution in [3.8, 4) is 0 Å². The van der Waals surface area contributed by atoms with E-state index in [4.69, 9.17) is 9.47 Å². The number of esters is 2. The van der Waals surface area contributed by atoms with Gasteiger partial charge in [0.15, 0.2) is 0 Å². The van der Waals surface area contributed by atoms with Crippen LogP contribution < -0.4 is 0 Å². The van der Waals surface area contributed by atoms with Crippen molar-refractivity contribution < 1.29 is 23.9 Å². The molecule has 0 aliphatic rings. The number of carbonyl (C=O) groups is 3. The first-order valence-corrected chi connectivity index (χ1v) is 5.53. The fourth-order valence-corrected chi connectivity index (χ4v) is 1.07. The summed E-state index contributed by atoms with van der Waals surface area (Å²) in [5, 5.41) is 0. The summed E-state index contributed by atoms with van der Waals surface area (Å²) in [5.74, 6) is -1.06. The van der Waals surface area contributed by atoms with Gasteiger partial charge >= 0.3 is 11.9 Å². The van der Waals surface area contributed by atoms with Crippen molar-refractivity contribution in [3.05, 3.63) is 12.2 Å². The molecule has 0 aromatic heterocycles. The van der Waals surface area contributed by atoms with Gasteiger partial charge in [-0.05, 0) is 6.08 Å². The SMILES string of the molecule is CC(=O)OCCC(/C=C/C(=O)N(C)C)OC(C)=O. The van der Waals surface area contributed by atoms with E-state index in [0.717, 1.165) is 0 Å². The predicted molar refractivity (Wildman–Crippen MR) is 64.6 cm³/mol. The van der Waals surface area contributed by atoms with E-state index < -0.39 is 18.0 Å². The van der Waals surface area contributed by atoms with Gasteiger partial charge in [0.1, 0.15) is 6.10 Å². The Morgan fingerprint density at radius 1 is 1.17 bits per heavy atom. The second-order valence-corrected chi connectivity index (χ2v) is 3.87. The molecule has 1 amide bonds. The number of hydrogen-bond donors (Lipinski definition) is 0. The Bertz CT molecular complexity index is 335. The zero-order valence-electron chi connectivity index (χ0n) is 11.1. The average Bonchev–Trinajstić information content (AvgIpc) is 2.23. The number of amides is 1. The van der Waals surface area contributed by atoms with Gasteiger partial charge in [-0.1, -0.05) is 0 Å². The molecule has 0 saturated heterocycles. The van der Waals surface area contributed by atoms with Crippen LogP contribution in [0.1, 0.15) is 20.3 Å². The summed E-state index contributed by atoms with van der Waals surface area (Å²) in [6.07, 6.45) is 2.54. The molecule has 6 heteroatoms. The number of ether oxygens (including phenoxy) is 2. The maximum Gasteiger partial charge on any atom is 0.303 e. The fourth-order valence-electron chi connectivity index (χ4n) is 1.07. The summed E-state index contributed by atoms with van der Waals surface area (Å²) in [4.78, 5) is 34.2.